The highest BCUT2D eigenvalue weighted by Crippen LogP contribution is 2.37. The summed E-state index contributed by atoms with van der Waals surface area (Å²) in [5, 5.41) is 0. The Bertz CT molecular complexity index is 369. The maximum Gasteiger partial charge on any atom is 0.344 e. The molecule has 1 N–H and O–H groups in total. The average Bonchev–Trinajstić information content (AvgIpc) is 2.30. The number of hydrogen-bond acceptors (Lipinski definition) is 2. The van der Waals surface area contributed by atoms with Gasteiger partial charge in [-0.3, -0.25) is 0 Å². The summed E-state index contributed by atoms with van der Waals surface area (Å²) in [6.07, 6.45) is 8.64. The number of H-pyrrole nitrogens is 1. The number of hydrogen-bond donors (Lipinski definition) is 1. The average molecular weight is 220 g/mol. The zero-order chi connectivity index (χ0) is 11.5. The summed E-state index contributed by atoms with van der Waals surface area (Å²) >= 11 is 0. The van der Waals surface area contributed by atoms with E-state index in [1.807, 2.05) is 6.20 Å². The van der Waals surface area contributed by atoms with E-state index >= 15 is 0 Å². The molecule has 1 heterocycles. The van der Waals surface area contributed by atoms with Gasteiger partial charge in [-0.25, -0.2) is 9.78 Å². The third-order valence-corrected chi connectivity index (χ3v) is 3.88. The topological polar surface area (TPSA) is 45.8 Å². The summed E-state index contributed by atoms with van der Waals surface area (Å²) < 4.78 is 0. The normalized spacial score (nSPS) is 25.9. The van der Waals surface area contributed by atoms with Crippen molar-refractivity contribution in [3.05, 3.63) is 28.4 Å². The minimum absolute atomic E-state index is 0.250. The Morgan fingerprint density at radius 2 is 2.00 bits per heavy atom. The van der Waals surface area contributed by atoms with Crippen molar-refractivity contribution < 1.29 is 0 Å². The molecule has 0 unspecified atom stereocenters. The lowest BCUT2D eigenvalue weighted by molar-refractivity contribution is 0.258. The molecule has 3 nitrogen and oxygen atoms in total. The van der Waals surface area contributed by atoms with Crippen molar-refractivity contribution in [1.82, 2.24) is 9.97 Å². The van der Waals surface area contributed by atoms with Gasteiger partial charge in [0.1, 0.15) is 0 Å². The van der Waals surface area contributed by atoms with Gasteiger partial charge in [0.2, 0.25) is 0 Å². The molecule has 0 aliphatic heterocycles. The van der Waals surface area contributed by atoms with E-state index in [9.17, 15) is 4.79 Å². The highest BCUT2D eigenvalue weighted by atomic mass is 16.1. The molecular weight excluding hydrogens is 200 g/mol. The number of rotatable bonds is 2. The molecule has 0 radical (unpaired) electrons. The van der Waals surface area contributed by atoms with Gasteiger partial charge in [0.25, 0.3) is 0 Å². The van der Waals surface area contributed by atoms with Crippen LogP contribution in [0.2, 0.25) is 0 Å². The van der Waals surface area contributed by atoms with Crippen LogP contribution in [0.1, 0.15) is 51.0 Å². The Hall–Kier alpha value is -1.12. The van der Waals surface area contributed by atoms with Crippen LogP contribution in [0.4, 0.5) is 0 Å². The van der Waals surface area contributed by atoms with Crippen molar-refractivity contribution >= 4 is 0 Å². The van der Waals surface area contributed by atoms with Gasteiger partial charge in [0.15, 0.2) is 0 Å². The maximum absolute atomic E-state index is 10.9. The first-order valence-electron chi connectivity index (χ1n) is 6.21. The van der Waals surface area contributed by atoms with Crippen LogP contribution in [0.25, 0.3) is 0 Å². The van der Waals surface area contributed by atoms with Gasteiger partial charge in [-0.2, -0.15) is 0 Å². The summed E-state index contributed by atoms with van der Waals surface area (Å²) in [7, 11) is 0. The van der Waals surface area contributed by atoms with E-state index in [4.69, 9.17) is 0 Å². The van der Waals surface area contributed by atoms with E-state index in [1.54, 1.807) is 6.20 Å². The molecule has 88 valence electrons. The van der Waals surface area contributed by atoms with E-state index in [1.165, 1.54) is 31.2 Å². The minimum Gasteiger partial charge on any atom is -0.312 e. The van der Waals surface area contributed by atoms with E-state index in [0.717, 1.165) is 11.8 Å². The standard InChI is InChI=1S/C13H20N2O/c1-9(2)10-3-5-11(6-4-10)12-7-14-13(16)15-8-12/h7-11H,3-6H2,1-2H3,(H,14,15,16). The van der Waals surface area contributed by atoms with Gasteiger partial charge < -0.3 is 4.98 Å². The summed E-state index contributed by atoms with van der Waals surface area (Å²) in [5.41, 5.74) is 0.946. The van der Waals surface area contributed by atoms with Gasteiger partial charge in [0.05, 0.1) is 0 Å². The quantitative estimate of drug-likeness (QED) is 0.833. The summed E-state index contributed by atoms with van der Waals surface area (Å²) in [5.74, 6) is 2.28. The van der Waals surface area contributed by atoms with Crippen molar-refractivity contribution in [3.63, 3.8) is 0 Å². The van der Waals surface area contributed by atoms with Crippen molar-refractivity contribution in [1.29, 1.82) is 0 Å². The Labute approximate surface area is 96.3 Å². The smallest absolute Gasteiger partial charge is 0.312 e. The van der Waals surface area contributed by atoms with Crippen LogP contribution in [0, 0.1) is 11.8 Å². The van der Waals surface area contributed by atoms with E-state index in [-0.39, 0.29) is 5.69 Å². The number of nitrogens with one attached hydrogen (secondary N) is 1. The predicted molar refractivity (Wildman–Crippen MR) is 64.4 cm³/mol. The fourth-order valence-corrected chi connectivity index (χ4v) is 2.70. The Kier molecular flexibility index (Phi) is 3.42. The molecule has 3 heteroatoms. The minimum atomic E-state index is -0.250. The molecule has 2 rings (SSSR count). The fourth-order valence-electron chi connectivity index (χ4n) is 2.70. The third-order valence-electron chi connectivity index (χ3n) is 3.88. The molecule has 0 aromatic carbocycles. The van der Waals surface area contributed by atoms with Gasteiger partial charge in [0, 0.05) is 12.4 Å². The van der Waals surface area contributed by atoms with Crippen molar-refractivity contribution in [2.24, 2.45) is 11.8 Å². The van der Waals surface area contributed by atoms with Crippen LogP contribution in [0.15, 0.2) is 17.2 Å². The Morgan fingerprint density at radius 3 is 2.50 bits per heavy atom. The van der Waals surface area contributed by atoms with Crippen molar-refractivity contribution in [2.75, 3.05) is 0 Å². The predicted octanol–water partition coefficient (Wildman–Crippen LogP) is 2.70. The Morgan fingerprint density at radius 1 is 1.31 bits per heavy atom. The molecular formula is C13H20N2O. The van der Waals surface area contributed by atoms with E-state index < -0.39 is 0 Å². The lowest BCUT2D eigenvalue weighted by atomic mass is 9.75. The molecule has 0 spiro atoms. The second-order valence-electron chi connectivity index (χ2n) is 5.21. The van der Waals surface area contributed by atoms with Crippen LogP contribution < -0.4 is 5.69 Å². The zero-order valence-electron chi connectivity index (χ0n) is 10.1. The highest BCUT2D eigenvalue weighted by Gasteiger charge is 2.24. The molecule has 0 amide bonds. The first-order valence-corrected chi connectivity index (χ1v) is 6.21. The van der Waals surface area contributed by atoms with E-state index in [2.05, 4.69) is 23.8 Å². The number of aromatic nitrogens is 2. The first-order chi connectivity index (χ1) is 7.66. The van der Waals surface area contributed by atoms with Crippen molar-refractivity contribution in [2.45, 2.75) is 45.4 Å². The molecule has 1 fully saturated rings. The third kappa shape index (κ3) is 2.52. The van der Waals surface area contributed by atoms with Gasteiger partial charge >= 0.3 is 5.69 Å². The molecule has 16 heavy (non-hydrogen) atoms. The summed E-state index contributed by atoms with van der Waals surface area (Å²) in [6, 6.07) is 0. The molecule has 1 aliphatic rings. The lowest BCUT2D eigenvalue weighted by Crippen LogP contribution is -2.19. The SMILES string of the molecule is CC(C)C1CCC(c2cnc(=O)[nH]c2)CC1. The highest BCUT2D eigenvalue weighted by molar-refractivity contribution is 5.11. The molecule has 1 aromatic heterocycles. The summed E-state index contributed by atoms with van der Waals surface area (Å²) in [6.45, 7) is 4.62. The zero-order valence-corrected chi connectivity index (χ0v) is 10.1. The fraction of sp³-hybridized carbons (Fsp3) is 0.692. The Balaban J connectivity index is 1.99. The van der Waals surface area contributed by atoms with Crippen LogP contribution in [0.3, 0.4) is 0 Å². The molecule has 1 aromatic rings. The maximum atomic E-state index is 10.9. The largest absolute Gasteiger partial charge is 0.344 e. The van der Waals surface area contributed by atoms with Crippen LogP contribution in [-0.4, -0.2) is 9.97 Å². The monoisotopic (exact) mass is 220 g/mol. The molecule has 1 saturated carbocycles. The second-order valence-corrected chi connectivity index (χ2v) is 5.21. The molecule has 0 saturated heterocycles. The van der Waals surface area contributed by atoms with Gasteiger partial charge in [-0.05, 0) is 49.0 Å². The van der Waals surface area contributed by atoms with E-state index in [0.29, 0.717) is 5.92 Å². The van der Waals surface area contributed by atoms with Crippen LogP contribution in [-0.2, 0) is 0 Å². The van der Waals surface area contributed by atoms with Crippen LogP contribution in [0.5, 0.6) is 0 Å². The first kappa shape index (κ1) is 11.4. The lowest BCUT2D eigenvalue weighted by Gasteiger charge is -2.30. The van der Waals surface area contributed by atoms with Gasteiger partial charge in [-0.1, -0.05) is 13.8 Å². The number of aromatic amines is 1. The molecule has 0 atom stereocenters. The second kappa shape index (κ2) is 4.81. The molecule has 0 bridgehead atoms. The summed E-state index contributed by atoms with van der Waals surface area (Å²) in [4.78, 5) is 17.3. The van der Waals surface area contributed by atoms with Crippen molar-refractivity contribution in [3.8, 4) is 0 Å². The van der Waals surface area contributed by atoms with Gasteiger partial charge in [-0.15, -0.1) is 0 Å². The number of nitrogens with zero attached hydrogens (tertiary/aromatic N) is 1. The molecule has 1 aliphatic carbocycles. The van der Waals surface area contributed by atoms with Crippen LogP contribution >= 0.6 is 0 Å².